The van der Waals surface area contributed by atoms with Crippen LogP contribution in [-0.4, -0.2) is 70.5 Å². The quantitative estimate of drug-likeness (QED) is 0.305. The molecule has 2 aromatic rings. The van der Waals surface area contributed by atoms with E-state index in [4.69, 9.17) is 19.0 Å². The van der Waals surface area contributed by atoms with E-state index in [0.29, 0.717) is 42.9 Å². The summed E-state index contributed by atoms with van der Waals surface area (Å²) in [5.74, 6) is -3.86. The van der Waals surface area contributed by atoms with E-state index in [9.17, 15) is 18.1 Å². The Labute approximate surface area is 243 Å². The Hall–Kier alpha value is -3.06. The summed E-state index contributed by atoms with van der Waals surface area (Å²) in [7, 11) is -1.66. The zero-order chi connectivity index (χ0) is 30.1. The Morgan fingerprint density at radius 3 is 2.48 bits per heavy atom. The molecule has 2 heterocycles. The second kappa shape index (κ2) is 12.3. The number of aromatic nitrogens is 2. The predicted molar refractivity (Wildman–Crippen MR) is 154 cm³/mol. The topological polar surface area (TPSA) is 149 Å². The van der Waals surface area contributed by atoms with E-state index in [1.54, 1.807) is 11.0 Å². The Bertz CT molecular complexity index is 1330. The number of carbonyl (C=O) groups is 1. The summed E-state index contributed by atoms with van der Waals surface area (Å²) < 4.78 is 51.5. The van der Waals surface area contributed by atoms with Gasteiger partial charge in [-0.3, -0.25) is 9.32 Å². The molecule has 1 amide bonds. The third kappa shape index (κ3) is 6.94. The number of alkyl halides is 2. The van der Waals surface area contributed by atoms with Crippen LogP contribution in [0.1, 0.15) is 57.8 Å². The van der Waals surface area contributed by atoms with Gasteiger partial charge in [0.1, 0.15) is 11.4 Å². The van der Waals surface area contributed by atoms with Crippen LogP contribution < -0.4 is 25.2 Å². The van der Waals surface area contributed by atoms with Crippen molar-refractivity contribution in [1.82, 2.24) is 9.97 Å². The lowest BCUT2D eigenvalue weighted by molar-refractivity contribution is -0.140. The number of nitrogens with zero attached hydrogens (tertiary/aromatic N) is 4. The lowest BCUT2D eigenvalue weighted by Crippen LogP contribution is -2.49. The van der Waals surface area contributed by atoms with Crippen LogP contribution in [0.2, 0.25) is 0 Å². The molecule has 12 nitrogen and oxygen atoms in total. The average molecular weight is 611 g/mol. The molecule has 0 bridgehead atoms. The molecular formula is C27H37F2N6O6P. The minimum absolute atomic E-state index is 0.0987. The maximum Gasteiger partial charge on any atom is 0.469 e. The molecule has 1 aromatic carbocycles. The van der Waals surface area contributed by atoms with Crippen LogP contribution in [0.5, 0.6) is 5.75 Å². The van der Waals surface area contributed by atoms with E-state index in [1.165, 1.54) is 20.4 Å². The van der Waals surface area contributed by atoms with Crippen LogP contribution in [0.15, 0.2) is 24.4 Å². The van der Waals surface area contributed by atoms with Crippen molar-refractivity contribution < 1.29 is 37.2 Å². The van der Waals surface area contributed by atoms with E-state index in [1.807, 2.05) is 12.1 Å². The highest BCUT2D eigenvalue weighted by molar-refractivity contribution is 7.46. The Morgan fingerprint density at radius 1 is 1.10 bits per heavy atom. The minimum atomic E-state index is -4.50. The lowest BCUT2D eigenvalue weighted by Gasteiger charge is -2.35. The van der Waals surface area contributed by atoms with Crippen LogP contribution in [0, 0.1) is 0 Å². The highest BCUT2D eigenvalue weighted by atomic mass is 31.2. The first kappa shape index (κ1) is 30.4. The van der Waals surface area contributed by atoms with E-state index in [0.717, 1.165) is 42.7 Å². The SMILES string of the molecule is COc1cc(NC2CCC(OP(=O)(O)O)CC2)ccc1Nc1ncc2c(n1)N(C1CCCCC1)CC(F)(F)C(=O)N2C. The number of fused-ring (bicyclic) bond motifs is 1. The summed E-state index contributed by atoms with van der Waals surface area (Å²) in [6.07, 6.45) is 7.77. The Balaban J connectivity index is 1.33. The number of ether oxygens (including phenoxy) is 1. The molecule has 2 aliphatic carbocycles. The third-order valence-electron chi connectivity index (χ3n) is 8.16. The molecule has 0 atom stereocenters. The van der Waals surface area contributed by atoms with Crippen molar-refractivity contribution in [2.75, 3.05) is 41.1 Å². The van der Waals surface area contributed by atoms with Gasteiger partial charge in [-0.05, 0) is 50.7 Å². The van der Waals surface area contributed by atoms with E-state index >= 15 is 0 Å². The van der Waals surface area contributed by atoms with Gasteiger partial charge in [0.25, 0.3) is 5.91 Å². The van der Waals surface area contributed by atoms with Crippen LogP contribution in [0.3, 0.4) is 0 Å². The predicted octanol–water partition coefficient (Wildman–Crippen LogP) is 4.81. The van der Waals surface area contributed by atoms with E-state index in [-0.39, 0.29) is 23.7 Å². The van der Waals surface area contributed by atoms with Crippen LogP contribution in [0.25, 0.3) is 0 Å². The van der Waals surface area contributed by atoms with Gasteiger partial charge in [-0.2, -0.15) is 13.8 Å². The fourth-order valence-electron chi connectivity index (χ4n) is 6.03. The summed E-state index contributed by atoms with van der Waals surface area (Å²) in [5, 5.41) is 6.57. The molecule has 15 heteroatoms. The van der Waals surface area contributed by atoms with Gasteiger partial charge in [-0.25, -0.2) is 9.55 Å². The molecule has 2 fully saturated rings. The third-order valence-corrected chi connectivity index (χ3v) is 8.74. The average Bonchev–Trinajstić information content (AvgIpc) is 3.03. The van der Waals surface area contributed by atoms with Crippen LogP contribution >= 0.6 is 7.82 Å². The van der Waals surface area contributed by atoms with Crippen molar-refractivity contribution in [2.24, 2.45) is 0 Å². The maximum atomic E-state index is 15.0. The molecule has 42 heavy (non-hydrogen) atoms. The van der Waals surface area contributed by atoms with Crippen molar-refractivity contribution in [1.29, 1.82) is 0 Å². The van der Waals surface area contributed by atoms with Crippen LogP contribution in [0.4, 0.5) is 37.6 Å². The van der Waals surface area contributed by atoms with Crippen molar-refractivity contribution >= 4 is 42.6 Å². The van der Waals surface area contributed by atoms with Gasteiger partial charge in [0.05, 0.1) is 31.6 Å². The first-order chi connectivity index (χ1) is 19.9. The molecule has 2 saturated carbocycles. The number of amides is 1. The van der Waals surface area contributed by atoms with Gasteiger partial charge < -0.3 is 35.0 Å². The fourth-order valence-corrected chi connectivity index (χ4v) is 6.63. The molecule has 5 rings (SSSR count). The molecule has 1 aliphatic heterocycles. The largest absolute Gasteiger partial charge is 0.494 e. The van der Waals surface area contributed by atoms with Gasteiger partial charge in [-0.1, -0.05) is 19.3 Å². The molecule has 1 aromatic heterocycles. The summed E-state index contributed by atoms with van der Waals surface area (Å²) in [5.41, 5.74) is 1.60. The number of benzene rings is 1. The first-order valence-corrected chi connectivity index (χ1v) is 15.7. The summed E-state index contributed by atoms with van der Waals surface area (Å²) in [6.45, 7) is -0.735. The number of phosphoric ester groups is 1. The van der Waals surface area contributed by atoms with E-state index in [2.05, 4.69) is 20.6 Å². The monoisotopic (exact) mass is 610 g/mol. The maximum absolute atomic E-state index is 15.0. The molecule has 0 unspecified atom stereocenters. The highest BCUT2D eigenvalue weighted by Gasteiger charge is 2.48. The molecular weight excluding hydrogens is 573 g/mol. The number of phosphoric acid groups is 1. The van der Waals surface area contributed by atoms with Gasteiger partial charge >= 0.3 is 13.7 Å². The number of hydrogen-bond donors (Lipinski definition) is 4. The van der Waals surface area contributed by atoms with Gasteiger partial charge in [0.2, 0.25) is 5.95 Å². The second-order valence-electron chi connectivity index (χ2n) is 11.1. The molecule has 0 radical (unpaired) electrons. The molecule has 0 spiro atoms. The highest BCUT2D eigenvalue weighted by Crippen LogP contribution is 2.42. The normalized spacial score (nSPS) is 23.2. The number of methoxy groups -OCH3 is 1. The number of halogens is 2. The molecule has 0 saturated heterocycles. The number of hydrogen-bond acceptors (Lipinski definition) is 9. The summed E-state index contributed by atoms with van der Waals surface area (Å²) in [4.78, 5) is 42.2. The van der Waals surface area contributed by atoms with Crippen LogP contribution in [-0.2, 0) is 13.9 Å². The van der Waals surface area contributed by atoms with Gasteiger partial charge in [0, 0.05) is 30.9 Å². The summed E-state index contributed by atoms with van der Waals surface area (Å²) in [6, 6.07) is 5.41. The zero-order valence-electron chi connectivity index (χ0n) is 23.6. The minimum Gasteiger partial charge on any atom is -0.494 e. The second-order valence-corrected chi connectivity index (χ2v) is 12.3. The fraction of sp³-hybridized carbons (Fsp3) is 0.593. The standard InChI is InChI=1S/C27H37F2N6O6P/c1-34-22-15-30-26(33-24(22)35(16-27(28,29)25(34)36)19-6-4-3-5-7-19)32-21-13-10-18(14-23(21)40-2)31-17-8-11-20(12-9-17)41-42(37,38)39/h10,13-15,17,19-20,31H,3-9,11-12,16H2,1-2H3,(H,30,32,33)(H2,37,38,39). The smallest absolute Gasteiger partial charge is 0.469 e. The summed E-state index contributed by atoms with van der Waals surface area (Å²) >= 11 is 0. The van der Waals surface area contributed by atoms with Crippen molar-refractivity contribution in [3.63, 3.8) is 0 Å². The molecule has 4 N–H and O–H groups in total. The Kier molecular flexibility index (Phi) is 8.89. The number of rotatable bonds is 8. The molecule has 3 aliphatic rings. The first-order valence-electron chi connectivity index (χ1n) is 14.2. The van der Waals surface area contributed by atoms with Gasteiger partial charge in [0.15, 0.2) is 5.82 Å². The van der Waals surface area contributed by atoms with Crippen molar-refractivity contribution in [3.8, 4) is 5.75 Å². The number of carbonyl (C=O) groups excluding carboxylic acids is 1. The number of nitrogens with one attached hydrogen (secondary N) is 2. The number of anilines is 5. The van der Waals surface area contributed by atoms with Crippen molar-refractivity contribution in [3.05, 3.63) is 24.4 Å². The lowest BCUT2D eigenvalue weighted by atomic mass is 9.93. The zero-order valence-corrected chi connectivity index (χ0v) is 24.5. The molecule has 230 valence electrons. The van der Waals surface area contributed by atoms with E-state index < -0.39 is 32.3 Å². The Morgan fingerprint density at radius 2 is 1.81 bits per heavy atom. The van der Waals surface area contributed by atoms with Crippen molar-refractivity contribution in [2.45, 2.75) is 81.9 Å². The van der Waals surface area contributed by atoms with Gasteiger partial charge in [-0.15, -0.1) is 0 Å².